The Hall–Kier alpha value is -2.45. The first-order valence-electron chi connectivity index (χ1n) is 6.56. The molecule has 0 fully saturated rings. The van der Waals surface area contributed by atoms with Gasteiger partial charge in [-0.2, -0.15) is 0 Å². The Balaban J connectivity index is 2.54. The molecular formula is C14H18N2O6. The molecule has 6 N–H and O–H groups in total. The van der Waals surface area contributed by atoms with Crippen LogP contribution in [0.4, 0.5) is 0 Å². The molecule has 1 rings (SSSR count). The number of benzene rings is 1. The van der Waals surface area contributed by atoms with Crippen LogP contribution in [-0.2, 0) is 20.8 Å². The fraction of sp³-hybridized carbons (Fsp3) is 0.357. The molecule has 0 aliphatic carbocycles. The van der Waals surface area contributed by atoms with Crippen molar-refractivity contribution >= 4 is 17.9 Å². The lowest BCUT2D eigenvalue weighted by molar-refractivity contribution is -0.139. The molecule has 120 valence electrons. The summed E-state index contributed by atoms with van der Waals surface area (Å²) in [5.74, 6) is -2.62. The Bertz CT molecular complexity index is 543. The molecule has 0 amide bonds. The van der Waals surface area contributed by atoms with Gasteiger partial charge in [-0.05, 0) is 30.5 Å². The Kier molecular flexibility index (Phi) is 6.48. The van der Waals surface area contributed by atoms with Crippen LogP contribution in [0.5, 0.6) is 5.75 Å². The third kappa shape index (κ3) is 5.90. The van der Waals surface area contributed by atoms with E-state index in [0.717, 1.165) is 0 Å². The maximum atomic E-state index is 11.6. The molecule has 0 aliphatic rings. The van der Waals surface area contributed by atoms with Gasteiger partial charge in [0.1, 0.15) is 17.8 Å². The number of carboxylic acid groups (broad SMARTS) is 2. The van der Waals surface area contributed by atoms with Gasteiger partial charge in [-0.3, -0.25) is 9.59 Å². The lowest BCUT2D eigenvalue weighted by Crippen LogP contribution is -2.34. The normalized spacial score (nSPS) is 13.2. The summed E-state index contributed by atoms with van der Waals surface area (Å²) < 4.78 is 5.01. The summed E-state index contributed by atoms with van der Waals surface area (Å²) in [6.45, 7) is 0. The van der Waals surface area contributed by atoms with Gasteiger partial charge in [-0.15, -0.1) is 0 Å². The number of esters is 1. The van der Waals surface area contributed by atoms with Gasteiger partial charge in [-0.1, -0.05) is 12.1 Å². The molecule has 2 atom stereocenters. The van der Waals surface area contributed by atoms with Crippen LogP contribution in [-0.4, -0.2) is 40.2 Å². The van der Waals surface area contributed by atoms with Crippen molar-refractivity contribution in [3.63, 3.8) is 0 Å². The fourth-order valence-electron chi connectivity index (χ4n) is 1.62. The number of carbonyl (C=O) groups excluding carboxylic acids is 1. The molecule has 0 heterocycles. The fourth-order valence-corrected chi connectivity index (χ4v) is 1.62. The third-order valence-electron chi connectivity index (χ3n) is 2.89. The van der Waals surface area contributed by atoms with Gasteiger partial charge in [0.2, 0.25) is 0 Å². The SMILES string of the molecule is N[C@@H](Cc1ccc(OC(=O)[C@@H](N)CCC(=O)O)cc1)C(=O)O. The second-order valence-corrected chi connectivity index (χ2v) is 4.75. The van der Waals surface area contributed by atoms with Gasteiger partial charge < -0.3 is 26.4 Å². The average Bonchev–Trinajstić information content (AvgIpc) is 2.46. The van der Waals surface area contributed by atoms with Crippen molar-refractivity contribution in [1.29, 1.82) is 0 Å². The number of rotatable bonds is 8. The number of hydrogen-bond acceptors (Lipinski definition) is 6. The van der Waals surface area contributed by atoms with Crippen LogP contribution in [0.25, 0.3) is 0 Å². The van der Waals surface area contributed by atoms with Gasteiger partial charge in [-0.25, -0.2) is 4.79 Å². The average molecular weight is 310 g/mol. The second-order valence-electron chi connectivity index (χ2n) is 4.75. The highest BCUT2D eigenvalue weighted by Gasteiger charge is 2.17. The predicted octanol–water partition coefficient (Wildman–Crippen LogP) is -0.261. The minimum atomic E-state index is -1.10. The highest BCUT2D eigenvalue weighted by Crippen LogP contribution is 2.14. The number of carbonyl (C=O) groups is 3. The molecule has 0 spiro atoms. The predicted molar refractivity (Wildman–Crippen MR) is 76.2 cm³/mol. The van der Waals surface area contributed by atoms with Crippen LogP contribution < -0.4 is 16.2 Å². The number of hydrogen-bond donors (Lipinski definition) is 4. The van der Waals surface area contributed by atoms with Crippen LogP contribution in [0.3, 0.4) is 0 Å². The Morgan fingerprint density at radius 3 is 2.14 bits per heavy atom. The number of nitrogens with two attached hydrogens (primary N) is 2. The summed E-state index contributed by atoms with van der Waals surface area (Å²) >= 11 is 0. The summed E-state index contributed by atoms with van der Waals surface area (Å²) in [6.07, 6.45) is -0.0797. The summed E-state index contributed by atoms with van der Waals surface area (Å²) in [4.78, 5) is 32.7. The largest absolute Gasteiger partial charge is 0.481 e. The molecule has 22 heavy (non-hydrogen) atoms. The van der Waals surface area contributed by atoms with Crippen LogP contribution in [0, 0.1) is 0 Å². The molecule has 8 heteroatoms. The molecule has 8 nitrogen and oxygen atoms in total. The summed E-state index contributed by atoms with van der Waals surface area (Å²) in [6, 6.07) is 4.15. The zero-order chi connectivity index (χ0) is 16.7. The van der Waals surface area contributed by atoms with Gasteiger partial charge in [0.15, 0.2) is 0 Å². The van der Waals surface area contributed by atoms with Crippen LogP contribution in [0.15, 0.2) is 24.3 Å². The minimum Gasteiger partial charge on any atom is -0.481 e. The van der Waals surface area contributed by atoms with Crippen molar-refractivity contribution in [2.24, 2.45) is 11.5 Å². The lowest BCUT2D eigenvalue weighted by Gasteiger charge is -2.11. The molecule has 0 unspecified atom stereocenters. The topological polar surface area (TPSA) is 153 Å². The Morgan fingerprint density at radius 2 is 1.64 bits per heavy atom. The van der Waals surface area contributed by atoms with E-state index in [2.05, 4.69) is 0 Å². The molecule has 0 bridgehead atoms. The lowest BCUT2D eigenvalue weighted by atomic mass is 10.1. The first-order chi connectivity index (χ1) is 10.3. The van der Waals surface area contributed by atoms with Crippen LogP contribution in [0.1, 0.15) is 18.4 Å². The van der Waals surface area contributed by atoms with Crippen molar-refractivity contribution in [2.45, 2.75) is 31.3 Å². The number of aliphatic carboxylic acids is 2. The monoisotopic (exact) mass is 310 g/mol. The highest BCUT2D eigenvalue weighted by molar-refractivity contribution is 5.79. The van der Waals surface area contributed by atoms with E-state index in [9.17, 15) is 14.4 Å². The van der Waals surface area contributed by atoms with Crippen LogP contribution in [0.2, 0.25) is 0 Å². The molecule has 0 aliphatic heterocycles. The Morgan fingerprint density at radius 1 is 1.05 bits per heavy atom. The highest BCUT2D eigenvalue weighted by atomic mass is 16.5. The minimum absolute atomic E-state index is 0.0142. The maximum Gasteiger partial charge on any atom is 0.328 e. The first kappa shape index (κ1) is 17.6. The van der Waals surface area contributed by atoms with Crippen molar-refractivity contribution < 1.29 is 29.3 Å². The zero-order valence-corrected chi connectivity index (χ0v) is 11.8. The van der Waals surface area contributed by atoms with Crippen molar-refractivity contribution in [1.82, 2.24) is 0 Å². The van der Waals surface area contributed by atoms with Crippen molar-refractivity contribution in [2.75, 3.05) is 0 Å². The van der Waals surface area contributed by atoms with Gasteiger partial charge >= 0.3 is 17.9 Å². The van der Waals surface area contributed by atoms with Gasteiger partial charge in [0.25, 0.3) is 0 Å². The van der Waals surface area contributed by atoms with E-state index in [1.54, 1.807) is 12.1 Å². The standard InChI is InChI=1S/C14H18N2O6/c15-10(5-6-12(17)18)14(21)22-9-3-1-8(2-4-9)7-11(16)13(19)20/h1-4,10-11H,5-7,15-16H2,(H,17,18)(H,19,20)/t10-,11-/m0/s1. The van der Waals surface area contributed by atoms with Gasteiger partial charge in [0.05, 0.1) is 0 Å². The van der Waals surface area contributed by atoms with E-state index in [1.807, 2.05) is 0 Å². The zero-order valence-electron chi connectivity index (χ0n) is 11.8. The molecule has 1 aromatic carbocycles. The molecular weight excluding hydrogens is 292 g/mol. The van der Waals surface area contributed by atoms with E-state index >= 15 is 0 Å². The van der Waals surface area contributed by atoms with Crippen molar-refractivity contribution in [3.8, 4) is 5.75 Å². The molecule has 0 saturated heterocycles. The number of ether oxygens (including phenoxy) is 1. The second kappa shape index (κ2) is 8.11. The quantitative estimate of drug-likeness (QED) is 0.378. The van der Waals surface area contributed by atoms with Crippen molar-refractivity contribution in [3.05, 3.63) is 29.8 Å². The third-order valence-corrected chi connectivity index (χ3v) is 2.89. The van der Waals surface area contributed by atoms with Gasteiger partial charge in [0, 0.05) is 6.42 Å². The summed E-state index contributed by atoms with van der Waals surface area (Å²) in [5, 5.41) is 17.2. The summed E-state index contributed by atoms with van der Waals surface area (Å²) in [7, 11) is 0. The molecule has 1 aromatic rings. The summed E-state index contributed by atoms with van der Waals surface area (Å²) in [5.41, 5.74) is 11.6. The van der Waals surface area contributed by atoms with E-state index in [4.69, 9.17) is 26.4 Å². The van der Waals surface area contributed by atoms with E-state index < -0.39 is 30.0 Å². The van der Waals surface area contributed by atoms with E-state index in [0.29, 0.717) is 5.56 Å². The van der Waals surface area contributed by atoms with E-state index in [-0.39, 0.29) is 25.0 Å². The molecule has 0 aromatic heterocycles. The molecule has 0 saturated carbocycles. The first-order valence-corrected chi connectivity index (χ1v) is 6.56. The smallest absolute Gasteiger partial charge is 0.328 e. The molecule has 0 radical (unpaired) electrons. The Labute approximate surface area is 126 Å². The van der Waals surface area contributed by atoms with E-state index in [1.165, 1.54) is 12.1 Å². The number of carboxylic acids is 2. The van der Waals surface area contributed by atoms with Crippen LogP contribution >= 0.6 is 0 Å². The maximum absolute atomic E-state index is 11.6.